The van der Waals surface area contributed by atoms with Crippen molar-refractivity contribution < 1.29 is 13.9 Å². The van der Waals surface area contributed by atoms with Crippen molar-refractivity contribution in [1.29, 1.82) is 5.26 Å². The van der Waals surface area contributed by atoms with Gasteiger partial charge in [0, 0.05) is 24.8 Å². The highest BCUT2D eigenvalue weighted by Crippen LogP contribution is 2.27. The molecular formula is C18H19FN4O2. The number of halogens is 1. The summed E-state index contributed by atoms with van der Waals surface area (Å²) in [5.74, 6) is -0.457. The van der Waals surface area contributed by atoms with E-state index in [4.69, 9.17) is 10.00 Å². The van der Waals surface area contributed by atoms with Crippen molar-refractivity contribution in [2.45, 2.75) is 32.4 Å². The van der Waals surface area contributed by atoms with Crippen LogP contribution in [0.1, 0.15) is 32.4 Å². The summed E-state index contributed by atoms with van der Waals surface area (Å²) in [5.41, 5.74) is 1.08. The minimum Gasteiger partial charge on any atom is -0.444 e. The van der Waals surface area contributed by atoms with Crippen molar-refractivity contribution in [1.82, 2.24) is 14.7 Å². The molecule has 0 bridgehead atoms. The van der Waals surface area contributed by atoms with Gasteiger partial charge < -0.3 is 9.64 Å². The summed E-state index contributed by atoms with van der Waals surface area (Å²) >= 11 is 0. The third-order valence-electron chi connectivity index (χ3n) is 3.85. The first-order valence-corrected chi connectivity index (χ1v) is 7.98. The standard InChI is InChI=1S/C18H19FN4O2/c1-18(2,3)25-17(24)22-10-16(11-22)23-9-14(8-21-23)13-4-12(7-20)5-15(19)6-13/h4-6,8-9,16H,10-11H2,1-3H3. The number of aromatic nitrogens is 2. The van der Waals surface area contributed by atoms with E-state index in [1.165, 1.54) is 12.1 Å². The second kappa shape index (κ2) is 6.20. The first kappa shape index (κ1) is 17.0. The van der Waals surface area contributed by atoms with Crippen molar-refractivity contribution in [2.24, 2.45) is 0 Å². The lowest BCUT2D eigenvalue weighted by Crippen LogP contribution is -2.52. The number of carbonyl (C=O) groups is 1. The molecule has 6 nitrogen and oxygen atoms in total. The third kappa shape index (κ3) is 3.79. The first-order valence-electron chi connectivity index (χ1n) is 7.98. The molecule has 0 radical (unpaired) electrons. The van der Waals surface area contributed by atoms with Crippen LogP contribution in [0.5, 0.6) is 0 Å². The molecule has 0 atom stereocenters. The molecule has 25 heavy (non-hydrogen) atoms. The van der Waals surface area contributed by atoms with Crippen LogP contribution in [0.2, 0.25) is 0 Å². The van der Waals surface area contributed by atoms with E-state index in [2.05, 4.69) is 5.10 Å². The molecule has 0 N–H and O–H groups in total. The molecular weight excluding hydrogens is 323 g/mol. The molecule has 1 saturated heterocycles. The second-order valence-corrected chi connectivity index (χ2v) is 7.09. The monoisotopic (exact) mass is 342 g/mol. The van der Waals surface area contributed by atoms with Crippen molar-refractivity contribution >= 4 is 6.09 Å². The lowest BCUT2D eigenvalue weighted by atomic mass is 10.1. The molecule has 1 aliphatic heterocycles. The number of amides is 1. The summed E-state index contributed by atoms with van der Waals surface area (Å²) < 4.78 is 20.7. The van der Waals surface area contributed by atoms with E-state index in [1.807, 2.05) is 26.8 Å². The summed E-state index contributed by atoms with van der Waals surface area (Å²) in [6, 6.07) is 6.19. The Labute approximate surface area is 145 Å². The zero-order valence-corrected chi connectivity index (χ0v) is 14.4. The molecule has 3 rings (SSSR count). The molecule has 0 saturated carbocycles. The largest absolute Gasteiger partial charge is 0.444 e. The van der Waals surface area contributed by atoms with Gasteiger partial charge in [-0.3, -0.25) is 4.68 Å². The van der Waals surface area contributed by atoms with Crippen molar-refractivity contribution in [2.75, 3.05) is 13.1 Å². The quantitative estimate of drug-likeness (QED) is 0.839. The van der Waals surface area contributed by atoms with Crippen LogP contribution in [-0.4, -0.2) is 39.5 Å². The van der Waals surface area contributed by atoms with E-state index < -0.39 is 11.4 Å². The predicted molar refractivity (Wildman–Crippen MR) is 89.2 cm³/mol. The number of hydrogen-bond acceptors (Lipinski definition) is 4. The topological polar surface area (TPSA) is 71.2 Å². The third-order valence-corrected chi connectivity index (χ3v) is 3.85. The Hall–Kier alpha value is -2.88. The number of carbonyl (C=O) groups excluding carboxylic acids is 1. The fourth-order valence-electron chi connectivity index (χ4n) is 2.61. The van der Waals surface area contributed by atoms with E-state index in [0.29, 0.717) is 18.7 Å². The van der Waals surface area contributed by atoms with Crippen molar-refractivity contribution in [3.05, 3.63) is 42.0 Å². The molecule has 1 aliphatic rings. The minimum atomic E-state index is -0.517. The van der Waals surface area contributed by atoms with Gasteiger partial charge in [-0.05, 0) is 44.5 Å². The summed E-state index contributed by atoms with van der Waals surface area (Å²) in [6.45, 7) is 6.52. The highest BCUT2D eigenvalue weighted by atomic mass is 19.1. The van der Waals surface area contributed by atoms with Crippen LogP contribution in [0.4, 0.5) is 9.18 Å². The number of likely N-dealkylation sites (tertiary alicyclic amines) is 1. The molecule has 7 heteroatoms. The summed E-state index contributed by atoms with van der Waals surface area (Å²) in [6.07, 6.45) is 3.10. The molecule has 130 valence electrons. The Kier molecular flexibility index (Phi) is 4.21. The Morgan fingerprint density at radius 2 is 2.04 bits per heavy atom. The zero-order valence-electron chi connectivity index (χ0n) is 14.4. The molecule has 1 aromatic carbocycles. The van der Waals surface area contributed by atoms with Gasteiger partial charge >= 0.3 is 6.09 Å². The summed E-state index contributed by atoms with van der Waals surface area (Å²) in [5, 5.41) is 13.2. The van der Waals surface area contributed by atoms with Crippen LogP contribution >= 0.6 is 0 Å². The number of ether oxygens (including phenoxy) is 1. The first-order chi connectivity index (χ1) is 11.7. The number of hydrogen-bond donors (Lipinski definition) is 0. The highest BCUT2D eigenvalue weighted by molar-refractivity contribution is 5.69. The number of rotatable bonds is 2. The minimum absolute atomic E-state index is 0.0604. The maximum Gasteiger partial charge on any atom is 0.410 e. The smallest absolute Gasteiger partial charge is 0.410 e. The maximum absolute atomic E-state index is 13.6. The molecule has 1 fully saturated rings. The molecule has 2 aromatic rings. The predicted octanol–water partition coefficient (Wildman–Crippen LogP) is 3.35. The number of benzene rings is 1. The SMILES string of the molecule is CC(C)(C)OC(=O)N1CC(n2cc(-c3cc(F)cc(C#N)c3)cn2)C1. The molecule has 2 heterocycles. The van der Waals surface area contributed by atoms with Gasteiger partial charge in [-0.2, -0.15) is 10.4 Å². The van der Waals surface area contributed by atoms with Gasteiger partial charge in [-0.15, -0.1) is 0 Å². The number of nitrogens with zero attached hydrogens (tertiary/aromatic N) is 4. The Morgan fingerprint density at radius 1 is 1.32 bits per heavy atom. The fourth-order valence-corrected chi connectivity index (χ4v) is 2.61. The lowest BCUT2D eigenvalue weighted by Gasteiger charge is -2.39. The van der Waals surface area contributed by atoms with Crippen LogP contribution in [0, 0.1) is 17.1 Å². The van der Waals surface area contributed by atoms with Gasteiger partial charge in [0.1, 0.15) is 11.4 Å². The molecule has 1 aromatic heterocycles. The van der Waals surface area contributed by atoms with Crippen LogP contribution in [-0.2, 0) is 4.74 Å². The molecule has 0 aliphatic carbocycles. The van der Waals surface area contributed by atoms with Crippen LogP contribution in [0.15, 0.2) is 30.6 Å². The van der Waals surface area contributed by atoms with E-state index in [1.54, 1.807) is 28.0 Å². The van der Waals surface area contributed by atoms with Crippen molar-refractivity contribution in [3.63, 3.8) is 0 Å². The van der Waals surface area contributed by atoms with Gasteiger partial charge in [0.15, 0.2) is 0 Å². The molecule has 0 unspecified atom stereocenters. The summed E-state index contributed by atoms with van der Waals surface area (Å²) in [4.78, 5) is 13.6. The Morgan fingerprint density at radius 3 is 2.68 bits per heavy atom. The van der Waals surface area contributed by atoms with Crippen LogP contribution in [0.3, 0.4) is 0 Å². The average molecular weight is 342 g/mol. The Balaban J connectivity index is 1.67. The Bertz CT molecular complexity index is 841. The van der Waals surface area contributed by atoms with Gasteiger partial charge in [-0.1, -0.05) is 0 Å². The van der Waals surface area contributed by atoms with Crippen LogP contribution in [0.25, 0.3) is 11.1 Å². The fraction of sp³-hybridized carbons (Fsp3) is 0.389. The van der Waals surface area contributed by atoms with Gasteiger partial charge in [-0.25, -0.2) is 9.18 Å². The molecule has 0 spiro atoms. The summed E-state index contributed by atoms with van der Waals surface area (Å²) in [7, 11) is 0. The van der Waals surface area contributed by atoms with Gasteiger partial charge in [0.2, 0.25) is 0 Å². The normalized spacial score (nSPS) is 14.8. The van der Waals surface area contributed by atoms with E-state index >= 15 is 0 Å². The van der Waals surface area contributed by atoms with Gasteiger partial charge in [0.25, 0.3) is 0 Å². The lowest BCUT2D eigenvalue weighted by molar-refractivity contribution is -0.000381. The maximum atomic E-state index is 13.6. The van der Waals surface area contributed by atoms with E-state index in [0.717, 1.165) is 5.56 Å². The molecule has 1 amide bonds. The highest BCUT2D eigenvalue weighted by Gasteiger charge is 2.35. The van der Waals surface area contributed by atoms with Crippen molar-refractivity contribution in [3.8, 4) is 17.2 Å². The van der Waals surface area contributed by atoms with E-state index in [-0.39, 0.29) is 17.7 Å². The van der Waals surface area contributed by atoms with Gasteiger partial charge in [0.05, 0.1) is 23.9 Å². The van der Waals surface area contributed by atoms with E-state index in [9.17, 15) is 9.18 Å². The van der Waals surface area contributed by atoms with Crippen LogP contribution < -0.4 is 0 Å². The zero-order chi connectivity index (χ0) is 18.2. The average Bonchev–Trinajstić information content (AvgIpc) is 2.92. The number of nitriles is 1. The second-order valence-electron chi connectivity index (χ2n) is 7.09.